The van der Waals surface area contributed by atoms with Crippen LogP contribution in [0.15, 0.2) is 41.3 Å². The van der Waals surface area contributed by atoms with Crippen molar-refractivity contribution in [3.63, 3.8) is 0 Å². The number of benzene rings is 1. The lowest BCUT2D eigenvalue weighted by molar-refractivity contribution is 0.0744. The number of piperazine rings is 1. The lowest BCUT2D eigenvalue weighted by atomic mass is 10.1. The van der Waals surface area contributed by atoms with E-state index < -0.39 is 0 Å². The van der Waals surface area contributed by atoms with Crippen molar-refractivity contribution in [2.45, 2.75) is 6.92 Å². The van der Waals surface area contributed by atoms with Crippen LogP contribution >= 0.6 is 0 Å². The van der Waals surface area contributed by atoms with E-state index in [-0.39, 0.29) is 22.8 Å². The van der Waals surface area contributed by atoms with Crippen molar-refractivity contribution in [1.29, 1.82) is 0 Å². The summed E-state index contributed by atoms with van der Waals surface area (Å²) in [5, 5.41) is 0. The molecule has 0 saturated carbocycles. The van der Waals surface area contributed by atoms with E-state index in [4.69, 9.17) is 0 Å². The third-order valence-corrected chi connectivity index (χ3v) is 4.14. The summed E-state index contributed by atoms with van der Waals surface area (Å²) in [6.45, 7) is 4.13. The van der Waals surface area contributed by atoms with Gasteiger partial charge in [0, 0.05) is 38.1 Å². The third kappa shape index (κ3) is 3.11. The molecule has 1 aromatic heterocycles. The van der Waals surface area contributed by atoms with Gasteiger partial charge in [0.2, 0.25) is 0 Å². The van der Waals surface area contributed by atoms with Crippen molar-refractivity contribution in [2.24, 2.45) is 0 Å². The number of nitrogens with one attached hydrogen (secondary N) is 1. The van der Waals surface area contributed by atoms with E-state index in [2.05, 4.69) is 9.88 Å². The Bertz CT molecular complexity index is 762. The van der Waals surface area contributed by atoms with Gasteiger partial charge in [0.05, 0.1) is 0 Å². The van der Waals surface area contributed by atoms with E-state index in [9.17, 15) is 14.0 Å². The first-order valence-electron chi connectivity index (χ1n) is 7.54. The van der Waals surface area contributed by atoms with Gasteiger partial charge in [0.15, 0.2) is 0 Å². The number of pyridine rings is 1. The second kappa shape index (κ2) is 6.24. The number of aryl methyl sites for hydroxylation is 1. The summed E-state index contributed by atoms with van der Waals surface area (Å²) in [7, 11) is 0. The maximum Gasteiger partial charge on any atom is 0.261 e. The minimum atomic E-state index is -0.351. The van der Waals surface area contributed by atoms with Crippen molar-refractivity contribution in [1.82, 2.24) is 9.88 Å². The van der Waals surface area contributed by atoms with E-state index in [1.165, 1.54) is 12.1 Å². The number of aromatic nitrogens is 1. The Balaban J connectivity index is 1.70. The zero-order chi connectivity index (χ0) is 16.4. The first-order valence-corrected chi connectivity index (χ1v) is 7.54. The topological polar surface area (TPSA) is 56.4 Å². The zero-order valence-electron chi connectivity index (χ0n) is 12.9. The molecule has 5 nitrogen and oxygen atoms in total. The van der Waals surface area contributed by atoms with Crippen molar-refractivity contribution in [2.75, 3.05) is 31.1 Å². The molecule has 0 atom stereocenters. The van der Waals surface area contributed by atoms with Gasteiger partial charge in [0.25, 0.3) is 11.5 Å². The van der Waals surface area contributed by atoms with Gasteiger partial charge in [-0.3, -0.25) is 9.59 Å². The Morgan fingerprint density at radius 3 is 2.35 bits per heavy atom. The average molecular weight is 315 g/mol. The van der Waals surface area contributed by atoms with Crippen LogP contribution < -0.4 is 10.5 Å². The average Bonchev–Trinajstić information content (AvgIpc) is 2.55. The summed E-state index contributed by atoms with van der Waals surface area (Å²) < 4.78 is 13.0. The van der Waals surface area contributed by atoms with Gasteiger partial charge in [0.1, 0.15) is 11.4 Å². The van der Waals surface area contributed by atoms with Gasteiger partial charge >= 0.3 is 0 Å². The molecule has 0 radical (unpaired) electrons. The molecule has 1 saturated heterocycles. The summed E-state index contributed by atoms with van der Waals surface area (Å²) in [4.78, 5) is 30.8. The first-order chi connectivity index (χ1) is 11.1. The number of rotatable bonds is 2. The highest BCUT2D eigenvalue weighted by Crippen LogP contribution is 2.17. The van der Waals surface area contributed by atoms with E-state index >= 15 is 0 Å². The molecule has 6 heteroatoms. The van der Waals surface area contributed by atoms with Gasteiger partial charge in [-0.25, -0.2) is 4.39 Å². The molecule has 0 bridgehead atoms. The molecule has 1 aliphatic rings. The largest absolute Gasteiger partial charge is 0.368 e. The number of amides is 1. The third-order valence-electron chi connectivity index (χ3n) is 4.14. The molecule has 1 aromatic carbocycles. The van der Waals surface area contributed by atoms with Crippen LogP contribution in [0.5, 0.6) is 0 Å². The minimum Gasteiger partial charge on any atom is -0.368 e. The molecule has 1 aliphatic heterocycles. The van der Waals surface area contributed by atoms with Gasteiger partial charge < -0.3 is 14.8 Å². The summed E-state index contributed by atoms with van der Waals surface area (Å²) in [6, 6.07) is 8.06. The van der Waals surface area contributed by atoms with Crippen LogP contribution in [0.25, 0.3) is 0 Å². The highest BCUT2D eigenvalue weighted by atomic mass is 19.1. The normalized spacial score (nSPS) is 14.9. The Hall–Kier alpha value is -2.63. The molecule has 23 heavy (non-hydrogen) atoms. The molecule has 0 unspecified atom stereocenters. The molecular formula is C17H18FN3O2. The Kier molecular flexibility index (Phi) is 4.14. The maximum absolute atomic E-state index is 13.0. The van der Waals surface area contributed by atoms with Gasteiger partial charge in [-0.15, -0.1) is 0 Å². The smallest absolute Gasteiger partial charge is 0.261 e. The molecular weight excluding hydrogens is 297 g/mol. The van der Waals surface area contributed by atoms with Crippen LogP contribution in [0, 0.1) is 12.7 Å². The van der Waals surface area contributed by atoms with Crippen molar-refractivity contribution < 1.29 is 9.18 Å². The second-order valence-electron chi connectivity index (χ2n) is 5.62. The number of hydrogen-bond donors (Lipinski definition) is 1. The van der Waals surface area contributed by atoms with Crippen LogP contribution in [0.3, 0.4) is 0 Å². The highest BCUT2D eigenvalue weighted by molar-refractivity contribution is 5.95. The molecule has 1 fully saturated rings. The standard InChI is InChI=1S/C17H18FN3O2/c1-12-6-7-19-16(22)15(12)17(23)21-10-8-20(9-11-21)14-4-2-13(18)3-5-14/h2-7H,8-11H2,1H3,(H,19,22). The molecule has 1 amide bonds. The lowest BCUT2D eigenvalue weighted by Crippen LogP contribution is -2.49. The van der Waals surface area contributed by atoms with E-state index in [1.807, 2.05) is 0 Å². The number of aromatic amines is 1. The van der Waals surface area contributed by atoms with Gasteiger partial charge in [-0.2, -0.15) is 0 Å². The molecule has 2 heterocycles. The van der Waals surface area contributed by atoms with E-state index in [1.54, 1.807) is 36.2 Å². The number of carbonyl (C=O) groups excluding carboxylic acids is 1. The quantitative estimate of drug-likeness (QED) is 0.919. The predicted octanol–water partition coefficient (Wildman–Crippen LogP) is 1.78. The minimum absolute atomic E-state index is 0.211. The van der Waals surface area contributed by atoms with Gasteiger partial charge in [-0.1, -0.05) is 0 Å². The molecule has 0 spiro atoms. The van der Waals surface area contributed by atoms with Gasteiger partial charge in [-0.05, 0) is 42.8 Å². The number of hydrogen-bond acceptors (Lipinski definition) is 3. The highest BCUT2D eigenvalue weighted by Gasteiger charge is 2.25. The zero-order valence-corrected chi connectivity index (χ0v) is 12.9. The summed E-state index contributed by atoms with van der Waals surface area (Å²) in [5.41, 5.74) is 1.48. The SMILES string of the molecule is Cc1cc[nH]c(=O)c1C(=O)N1CCN(c2ccc(F)cc2)CC1. The number of halogens is 1. The number of nitrogens with zero attached hydrogens (tertiary/aromatic N) is 2. The summed E-state index contributed by atoms with van der Waals surface area (Å²) in [6.07, 6.45) is 1.54. The number of carbonyl (C=O) groups is 1. The fourth-order valence-electron chi connectivity index (χ4n) is 2.82. The molecule has 0 aliphatic carbocycles. The molecule has 3 rings (SSSR count). The Morgan fingerprint density at radius 1 is 1.09 bits per heavy atom. The fourth-order valence-corrected chi connectivity index (χ4v) is 2.82. The maximum atomic E-state index is 13.0. The van der Waals surface area contributed by atoms with Crippen molar-refractivity contribution in [3.05, 3.63) is 63.8 Å². The van der Waals surface area contributed by atoms with Crippen LogP contribution in [-0.2, 0) is 0 Å². The Labute approximate surface area is 133 Å². The monoisotopic (exact) mass is 315 g/mol. The van der Waals surface area contributed by atoms with E-state index in [0.717, 1.165) is 5.69 Å². The molecule has 120 valence electrons. The Morgan fingerprint density at radius 2 is 1.74 bits per heavy atom. The van der Waals surface area contributed by atoms with E-state index in [0.29, 0.717) is 31.7 Å². The second-order valence-corrected chi connectivity index (χ2v) is 5.62. The summed E-state index contributed by atoms with van der Waals surface area (Å²) >= 11 is 0. The lowest BCUT2D eigenvalue weighted by Gasteiger charge is -2.36. The predicted molar refractivity (Wildman–Crippen MR) is 86.3 cm³/mol. The van der Waals surface area contributed by atoms with Crippen LogP contribution in [0.2, 0.25) is 0 Å². The van der Waals surface area contributed by atoms with Crippen LogP contribution in [0.4, 0.5) is 10.1 Å². The number of H-pyrrole nitrogens is 1. The fraction of sp³-hybridized carbons (Fsp3) is 0.294. The molecule has 2 aromatic rings. The molecule has 1 N–H and O–H groups in total. The first kappa shape index (κ1) is 15.3. The van der Waals surface area contributed by atoms with Crippen LogP contribution in [-0.4, -0.2) is 42.0 Å². The number of anilines is 1. The van der Waals surface area contributed by atoms with Crippen molar-refractivity contribution in [3.8, 4) is 0 Å². The van der Waals surface area contributed by atoms with Crippen molar-refractivity contribution >= 4 is 11.6 Å². The summed E-state index contributed by atoms with van der Waals surface area (Å²) in [5.74, 6) is -0.496. The van der Waals surface area contributed by atoms with Crippen LogP contribution in [0.1, 0.15) is 15.9 Å².